The molecule has 320 valence electrons. The Labute approximate surface area is 335 Å². The third-order valence-electron chi connectivity index (χ3n) is 10.4. The minimum Gasteiger partial charge on any atom is -0.394 e. The van der Waals surface area contributed by atoms with Crippen molar-refractivity contribution in [2.75, 3.05) is 13.2 Å². The van der Waals surface area contributed by atoms with Gasteiger partial charge in [-0.05, 0) is 70.6 Å². The Hall–Kier alpha value is -1.85. The number of carbonyl (C=O) groups is 1. The highest BCUT2D eigenvalue weighted by Crippen LogP contribution is 2.22. The largest absolute Gasteiger partial charge is 0.394 e. The third-order valence-corrected chi connectivity index (χ3v) is 10.4. The summed E-state index contributed by atoms with van der Waals surface area (Å²) in [5, 5.41) is 54.1. The Kier molecular flexibility index (Phi) is 33.9. The number of hydrogen-bond acceptors (Lipinski definition) is 8. The van der Waals surface area contributed by atoms with Gasteiger partial charge in [-0.15, -0.1) is 0 Å². The van der Waals surface area contributed by atoms with Gasteiger partial charge in [0.05, 0.1) is 25.4 Å². The molecule has 0 aromatic heterocycles. The Balaban J connectivity index is 2.41. The molecule has 1 fully saturated rings. The lowest BCUT2D eigenvalue weighted by Crippen LogP contribution is -2.60. The third kappa shape index (κ3) is 27.4. The van der Waals surface area contributed by atoms with Gasteiger partial charge >= 0.3 is 0 Å². The number of rotatable bonds is 36. The van der Waals surface area contributed by atoms with Gasteiger partial charge in [0, 0.05) is 6.42 Å². The highest BCUT2D eigenvalue weighted by Gasteiger charge is 2.44. The van der Waals surface area contributed by atoms with Crippen LogP contribution in [0.4, 0.5) is 0 Å². The molecule has 1 heterocycles. The number of hydrogen-bond donors (Lipinski definition) is 6. The lowest BCUT2D eigenvalue weighted by atomic mass is 9.99. The van der Waals surface area contributed by atoms with E-state index >= 15 is 0 Å². The molecule has 0 aromatic carbocycles. The van der Waals surface area contributed by atoms with E-state index in [9.17, 15) is 30.3 Å². The van der Waals surface area contributed by atoms with E-state index in [2.05, 4.69) is 55.6 Å². The molecule has 0 aromatic rings. The Morgan fingerprint density at radius 2 is 1.04 bits per heavy atom. The summed E-state index contributed by atoms with van der Waals surface area (Å²) in [4.78, 5) is 12.9. The van der Waals surface area contributed by atoms with E-state index in [1.807, 2.05) is 6.08 Å². The molecule has 1 rings (SSSR count). The van der Waals surface area contributed by atoms with E-state index in [0.717, 1.165) is 70.6 Å². The quantitative estimate of drug-likeness (QED) is 0.0273. The van der Waals surface area contributed by atoms with Crippen LogP contribution in [-0.2, 0) is 14.3 Å². The van der Waals surface area contributed by atoms with Crippen molar-refractivity contribution in [2.45, 2.75) is 224 Å². The molecule has 7 unspecified atom stereocenters. The molecule has 1 amide bonds. The maximum atomic E-state index is 12.9. The van der Waals surface area contributed by atoms with Crippen LogP contribution < -0.4 is 5.32 Å². The van der Waals surface area contributed by atoms with Crippen LogP contribution in [0.1, 0.15) is 181 Å². The number of amides is 1. The molecule has 9 nitrogen and oxygen atoms in total. The molecule has 0 radical (unpaired) electrons. The zero-order valence-electron chi connectivity index (χ0n) is 34.9. The molecule has 0 saturated carbocycles. The van der Waals surface area contributed by atoms with Crippen LogP contribution in [0.5, 0.6) is 0 Å². The van der Waals surface area contributed by atoms with Crippen molar-refractivity contribution in [1.29, 1.82) is 0 Å². The van der Waals surface area contributed by atoms with Gasteiger partial charge in [-0.1, -0.05) is 152 Å². The van der Waals surface area contributed by atoms with Crippen molar-refractivity contribution in [2.24, 2.45) is 0 Å². The first-order valence-corrected chi connectivity index (χ1v) is 22.4. The number of allylic oxidation sites excluding steroid dienone is 7. The van der Waals surface area contributed by atoms with Crippen molar-refractivity contribution in [3.05, 3.63) is 48.6 Å². The average Bonchev–Trinajstić information content (AvgIpc) is 3.18. The van der Waals surface area contributed by atoms with E-state index in [4.69, 9.17) is 9.47 Å². The maximum absolute atomic E-state index is 12.9. The molecule has 1 aliphatic rings. The predicted molar refractivity (Wildman–Crippen MR) is 226 cm³/mol. The normalized spacial score (nSPS) is 21.8. The maximum Gasteiger partial charge on any atom is 0.220 e. The zero-order valence-corrected chi connectivity index (χ0v) is 34.9. The molecule has 6 N–H and O–H groups in total. The van der Waals surface area contributed by atoms with Crippen molar-refractivity contribution < 1.29 is 39.8 Å². The van der Waals surface area contributed by atoms with E-state index < -0.39 is 49.5 Å². The number of unbranched alkanes of at least 4 members (excludes halogenated alkanes) is 20. The highest BCUT2D eigenvalue weighted by molar-refractivity contribution is 5.76. The molecule has 7 atom stereocenters. The topological polar surface area (TPSA) is 149 Å². The molecule has 1 saturated heterocycles. The summed E-state index contributed by atoms with van der Waals surface area (Å²) in [5.41, 5.74) is 0. The van der Waals surface area contributed by atoms with Gasteiger partial charge in [-0.3, -0.25) is 4.79 Å². The van der Waals surface area contributed by atoms with Gasteiger partial charge in [-0.2, -0.15) is 0 Å². The number of aliphatic hydroxyl groups is 5. The minimum absolute atomic E-state index is 0.202. The molecule has 0 bridgehead atoms. The van der Waals surface area contributed by atoms with E-state index in [1.54, 1.807) is 6.08 Å². The predicted octanol–water partition coefficient (Wildman–Crippen LogP) is 9.06. The number of ether oxygens (including phenoxy) is 2. The van der Waals surface area contributed by atoms with Gasteiger partial charge in [0.15, 0.2) is 6.29 Å². The summed E-state index contributed by atoms with van der Waals surface area (Å²) in [5.74, 6) is -0.202. The number of nitrogens with one attached hydrogen (secondary N) is 1. The Bertz CT molecular complexity index is 998. The standard InChI is InChI=1S/C46H83NO8/c1-3-5-7-9-11-13-15-17-19-20-21-22-24-26-28-30-32-34-36-42(50)47-39(38-54-46-45(53)44(52)43(51)41(37-48)55-46)40(49)35-33-31-29-27-25-23-18-16-14-12-10-8-6-4-2/h14,16,21-22,25,27,33,35,39-41,43-46,48-49,51-53H,3-13,15,17-20,23-24,26,28-32,34,36-38H2,1-2H3,(H,47,50)/b16-14+,22-21-,27-25+,35-33+. The van der Waals surface area contributed by atoms with Crippen LogP contribution in [0.3, 0.4) is 0 Å². The first kappa shape index (κ1) is 51.2. The molecule has 9 heteroatoms. The van der Waals surface area contributed by atoms with Gasteiger partial charge < -0.3 is 40.3 Å². The molecule has 0 spiro atoms. The molecular weight excluding hydrogens is 695 g/mol. The number of carbonyl (C=O) groups excluding carboxylic acids is 1. The van der Waals surface area contributed by atoms with Gasteiger partial charge in [-0.25, -0.2) is 0 Å². The lowest BCUT2D eigenvalue weighted by Gasteiger charge is -2.40. The van der Waals surface area contributed by atoms with Crippen molar-refractivity contribution in [1.82, 2.24) is 5.32 Å². The monoisotopic (exact) mass is 778 g/mol. The van der Waals surface area contributed by atoms with Crippen LogP contribution in [-0.4, -0.2) is 87.5 Å². The average molecular weight is 778 g/mol. The highest BCUT2D eigenvalue weighted by atomic mass is 16.7. The zero-order chi connectivity index (χ0) is 40.2. The van der Waals surface area contributed by atoms with Crippen LogP contribution in [0.2, 0.25) is 0 Å². The summed E-state index contributed by atoms with van der Waals surface area (Å²) < 4.78 is 11.2. The molecular formula is C46H83NO8. The second kappa shape index (κ2) is 36.5. The fourth-order valence-electron chi connectivity index (χ4n) is 6.71. The fourth-order valence-corrected chi connectivity index (χ4v) is 6.71. The van der Waals surface area contributed by atoms with Crippen LogP contribution in [0.25, 0.3) is 0 Å². The smallest absolute Gasteiger partial charge is 0.220 e. The van der Waals surface area contributed by atoms with Crippen LogP contribution >= 0.6 is 0 Å². The summed E-state index contributed by atoms with van der Waals surface area (Å²) in [6.45, 7) is 3.71. The summed E-state index contributed by atoms with van der Waals surface area (Å²) in [6.07, 6.45) is 38.7. The van der Waals surface area contributed by atoms with Crippen molar-refractivity contribution in [3.63, 3.8) is 0 Å². The summed E-state index contributed by atoms with van der Waals surface area (Å²) in [7, 11) is 0. The molecule has 55 heavy (non-hydrogen) atoms. The summed E-state index contributed by atoms with van der Waals surface area (Å²) in [6, 6.07) is -0.831. The SMILES string of the molecule is CCCCCC/C=C/CC/C=C/CC/C=C/C(O)C(COC1OC(CO)C(O)C(O)C1O)NC(=O)CCCCCCC/C=C\CCCCCCCCCCC. The fraction of sp³-hybridized carbons (Fsp3) is 0.804. The van der Waals surface area contributed by atoms with E-state index in [-0.39, 0.29) is 12.5 Å². The number of aliphatic hydroxyl groups excluding tert-OH is 5. The second-order valence-corrected chi connectivity index (χ2v) is 15.5. The van der Waals surface area contributed by atoms with Crippen LogP contribution in [0.15, 0.2) is 48.6 Å². The summed E-state index contributed by atoms with van der Waals surface area (Å²) >= 11 is 0. The van der Waals surface area contributed by atoms with Gasteiger partial charge in [0.1, 0.15) is 24.4 Å². The first-order chi connectivity index (χ1) is 26.8. The van der Waals surface area contributed by atoms with Gasteiger partial charge in [0.2, 0.25) is 5.91 Å². The first-order valence-electron chi connectivity index (χ1n) is 22.4. The second-order valence-electron chi connectivity index (χ2n) is 15.5. The lowest BCUT2D eigenvalue weighted by molar-refractivity contribution is -0.302. The minimum atomic E-state index is -1.58. The Morgan fingerprint density at radius 3 is 1.55 bits per heavy atom. The molecule has 0 aliphatic carbocycles. The van der Waals surface area contributed by atoms with Gasteiger partial charge in [0.25, 0.3) is 0 Å². The molecule has 1 aliphatic heterocycles. The van der Waals surface area contributed by atoms with E-state index in [0.29, 0.717) is 6.42 Å². The van der Waals surface area contributed by atoms with Crippen molar-refractivity contribution >= 4 is 5.91 Å². The van der Waals surface area contributed by atoms with E-state index in [1.165, 1.54) is 89.9 Å². The van der Waals surface area contributed by atoms with Crippen LogP contribution in [0, 0.1) is 0 Å². The Morgan fingerprint density at radius 1 is 0.600 bits per heavy atom. The van der Waals surface area contributed by atoms with Crippen molar-refractivity contribution in [3.8, 4) is 0 Å².